The molecule has 0 rings (SSSR count). The predicted octanol–water partition coefficient (Wildman–Crippen LogP) is 20.8. The molecule has 6 heteroatoms. The van der Waals surface area contributed by atoms with Gasteiger partial charge in [-0.05, 0) is 64.2 Å². The molecule has 2 unspecified atom stereocenters. The van der Waals surface area contributed by atoms with Crippen molar-refractivity contribution in [2.75, 3.05) is 13.2 Å². The maximum Gasteiger partial charge on any atom is 0.305 e. The van der Waals surface area contributed by atoms with E-state index in [1.54, 1.807) is 6.08 Å². The van der Waals surface area contributed by atoms with Crippen molar-refractivity contribution >= 4 is 11.9 Å². The van der Waals surface area contributed by atoms with E-state index in [4.69, 9.17) is 4.74 Å². The van der Waals surface area contributed by atoms with Gasteiger partial charge in [-0.25, -0.2) is 0 Å². The zero-order chi connectivity index (χ0) is 52.9. The van der Waals surface area contributed by atoms with Gasteiger partial charge in [-0.3, -0.25) is 9.59 Å². The van der Waals surface area contributed by atoms with Crippen LogP contribution in [0.4, 0.5) is 0 Å². The molecule has 2 atom stereocenters. The topological polar surface area (TPSA) is 95.9 Å². The summed E-state index contributed by atoms with van der Waals surface area (Å²) >= 11 is 0. The first kappa shape index (κ1) is 71.1. The first-order chi connectivity index (χ1) is 36.0. The van der Waals surface area contributed by atoms with Crippen LogP contribution in [0.15, 0.2) is 36.5 Å². The minimum Gasteiger partial charge on any atom is -0.466 e. The molecule has 0 radical (unpaired) electrons. The van der Waals surface area contributed by atoms with Crippen molar-refractivity contribution in [3.8, 4) is 0 Å². The minimum absolute atomic E-state index is 0.0162. The summed E-state index contributed by atoms with van der Waals surface area (Å²) in [6.45, 7) is 4.89. The molecule has 0 aliphatic heterocycles. The lowest BCUT2D eigenvalue weighted by molar-refractivity contribution is -0.143. The number of carbonyl (C=O) groups excluding carboxylic acids is 2. The van der Waals surface area contributed by atoms with Crippen LogP contribution in [0.2, 0.25) is 0 Å². The summed E-state index contributed by atoms with van der Waals surface area (Å²) in [6.07, 6.45) is 79.4. The van der Waals surface area contributed by atoms with Crippen molar-refractivity contribution in [1.82, 2.24) is 5.32 Å². The van der Waals surface area contributed by atoms with E-state index in [-0.39, 0.29) is 18.5 Å². The van der Waals surface area contributed by atoms with Gasteiger partial charge in [0.05, 0.1) is 25.4 Å². The first-order valence-corrected chi connectivity index (χ1v) is 32.8. The third-order valence-corrected chi connectivity index (χ3v) is 15.2. The van der Waals surface area contributed by atoms with Gasteiger partial charge >= 0.3 is 5.97 Å². The average Bonchev–Trinajstić information content (AvgIpc) is 3.39. The maximum atomic E-state index is 12.4. The molecule has 0 saturated carbocycles. The van der Waals surface area contributed by atoms with E-state index in [0.717, 1.165) is 44.9 Å². The number of hydrogen-bond acceptors (Lipinski definition) is 5. The van der Waals surface area contributed by atoms with Gasteiger partial charge in [0.2, 0.25) is 5.91 Å². The lowest BCUT2D eigenvalue weighted by Gasteiger charge is -2.20. The van der Waals surface area contributed by atoms with Crippen molar-refractivity contribution in [2.45, 2.75) is 366 Å². The normalized spacial score (nSPS) is 12.8. The van der Waals surface area contributed by atoms with Gasteiger partial charge in [-0.2, -0.15) is 0 Å². The molecule has 3 N–H and O–H groups in total. The van der Waals surface area contributed by atoms with Crippen LogP contribution in [0.3, 0.4) is 0 Å². The molecule has 0 aliphatic carbocycles. The molecule has 0 aromatic heterocycles. The molecule has 0 aliphatic rings. The number of aliphatic hydroxyl groups excluding tert-OH is 2. The van der Waals surface area contributed by atoms with Gasteiger partial charge in [0.1, 0.15) is 0 Å². The third kappa shape index (κ3) is 59.2. The van der Waals surface area contributed by atoms with E-state index in [9.17, 15) is 19.8 Å². The molecule has 6 nitrogen and oxygen atoms in total. The van der Waals surface area contributed by atoms with Crippen LogP contribution in [-0.2, 0) is 14.3 Å². The number of rotatable bonds is 61. The fourth-order valence-electron chi connectivity index (χ4n) is 10.1. The smallest absolute Gasteiger partial charge is 0.305 e. The number of nitrogens with one attached hydrogen (secondary N) is 1. The summed E-state index contributed by atoms with van der Waals surface area (Å²) in [5.74, 6) is -0.0518. The minimum atomic E-state index is -0.841. The van der Waals surface area contributed by atoms with Crippen LogP contribution in [0.25, 0.3) is 0 Å². The van der Waals surface area contributed by atoms with E-state index in [0.29, 0.717) is 19.4 Å². The van der Waals surface area contributed by atoms with E-state index >= 15 is 0 Å². The molecule has 1 amide bonds. The van der Waals surface area contributed by atoms with Gasteiger partial charge in [-0.1, -0.05) is 314 Å². The van der Waals surface area contributed by atoms with Crippen molar-refractivity contribution < 1.29 is 24.5 Å². The number of hydrogen-bond donors (Lipinski definition) is 3. The second-order valence-corrected chi connectivity index (χ2v) is 22.5. The molecule has 0 aromatic carbocycles. The van der Waals surface area contributed by atoms with Gasteiger partial charge in [-0.15, -0.1) is 0 Å². The van der Waals surface area contributed by atoms with Crippen LogP contribution in [0, 0.1) is 0 Å². The Balaban J connectivity index is 3.36. The number of carbonyl (C=O) groups is 2. The van der Waals surface area contributed by atoms with Gasteiger partial charge in [0.15, 0.2) is 0 Å². The fourth-order valence-corrected chi connectivity index (χ4v) is 10.1. The fraction of sp³-hybridized carbons (Fsp3) is 0.881. The van der Waals surface area contributed by atoms with Crippen molar-refractivity contribution in [1.29, 1.82) is 0 Å². The Bertz CT molecular complexity index is 1180. The maximum absolute atomic E-state index is 12.4. The molecule has 0 heterocycles. The van der Waals surface area contributed by atoms with E-state index < -0.39 is 12.1 Å². The van der Waals surface area contributed by atoms with Gasteiger partial charge < -0.3 is 20.3 Å². The second-order valence-electron chi connectivity index (χ2n) is 22.5. The molecule has 0 saturated heterocycles. The zero-order valence-corrected chi connectivity index (χ0v) is 49.1. The quantitative estimate of drug-likeness (QED) is 0.0320. The third-order valence-electron chi connectivity index (χ3n) is 15.2. The largest absolute Gasteiger partial charge is 0.466 e. The highest BCUT2D eigenvalue weighted by atomic mass is 16.5. The Morgan fingerprint density at radius 3 is 1.04 bits per heavy atom. The summed E-state index contributed by atoms with van der Waals surface area (Å²) in [5, 5.41) is 23.0. The van der Waals surface area contributed by atoms with Crippen LogP contribution < -0.4 is 5.32 Å². The highest BCUT2D eigenvalue weighted by molar-refractivity contribution is 5.76. The van der Waals surface area contributed by atoms with Gasteiger partial charge in [0, 0.05) is 12.8 Å². The highest BCUT2D eigenvalue weighted by Crippen LogP contribution is 2.18. The monoisotopic (exact) mass is 1030 g/mol. The average molecular weight is 1030 g/mol. The van der Waals surface area contributed by atoms with Crippen LogP contribution in [0.1, 0.15) is 354 Å². The summed E-state index contributed by atoms with van der Waals surface area (Å²) in [4.78, 5) is 24.4. The van der Waals surface area contributed by atoms with E-state index in [1.807, 2.05) is 6.08 Å². The number of unbranched alkanes of at least 4 members (excludes halogenated alkanes) is 46. The number of amides is 1. The Labute approximate surface area is 455 Å². The first-order valence-electron chi connectivity index (χ1n) is 32.8. The number of aliphatic hydroxyl groups is 2. The highest BCUT2D eigenvalue weighted by Gasteiger charge is 2.18. The molecule has 73 heavy (non-hydrogen) atoms. The van der Waals surface area contributed by atoms with Crippen LogP contribution >= 0.6 is 0 Å². The molecule has 430 valence electrons. The summed E-state index contributed by atoms with van der Waals surface area (Å²) < 4.78 is 5.49. The molecule has 0 fully saturated rings. The zero-order valence-electron chi connectivity index (χ0n) is 49.1. The van der Waals surface area contributed by atoms with Crippen LogP contribution in [0.5, 0.6) is 0 Å². The number of esters is 1. The lowest BCUT2D eigenvalue weighted by Crippen LogP contribution is -2.45. The number of ether oxygens (including phenoxy) is 1. The van der Waals surface area contributed by atoms with Crippen LogP contribution in [-0.4, -0.2) is 47.4 Å². The molecule has 0 bridgehead atoms. The summed E-state index contributed by atoms with van der Waals surface area (Å²) in [6, 6.07) is -0.624. The SMILES string of the molecule is CCCCCCCCC/C=C/C(O)C(CO)NC(=O)CCCCCCCCCCCCCCCCCCC/C=C\C/C=C\CCCCCCCCCCCOC(=O)CCCCCCCCCCCCCCCC. The second kappa shape index (κ2) is 62.6. The van der Waals surface area contributed by atoms with Gasteiger partial charge in [0.25, 0.3) is 0 Å². The van der Waals surface area contributed by atoms with Crippen molar-refractivity contribution in [3.63, 3.8) is 0 Å². The number of allylic oxidation sites excluding steroid dienone is 5. The Morgan fingerprint density at radius 2 is 0.685 bits per heavy atom. The van der Waals surface area contributed by atoms with Crippen molar-refractivity contribution in [3.05, 3.63) is 36.5 Å². The summed E-state index contributed by atoms with van der Waals surface area (Å²) in [5.41, 5.74) is 0. The molecular formula is C67H127NO5. The Hall–Kier alpha value is -1.92. The molecule has 0 spiro atoms. The standard InChI is InChI=1S/C67H127NO5/c1-3-5-7-9-11-13-14-15-38-41-45-49-53-57-61-67(72)73-62-58-54-50-46-42-39-36-34-32-30-28-26-24-22-20-18-16-17-19-21-23-25-27-29-31-33-35-37-40-44-48-52-56-60-66(71)68-64(63-69)65(70)59-55-51-47-43-12-10-8-6-4-2/h20,22,26,28,55,59,64-65,69-70H,3-19,21,23-25,27,29-54,56-58,60-63H2,1-2H3,(H,68,71)/b22-20-,28-26-,59-55+. The Morgan fingerprint density at radius 1 is 0.384 bits per heavy atom. The summed E-state index contributed by atoms with van der Waals surface area (Å²) in [7, 11) is 0. The van der Waals surface area contributed by atoms with Crippen molar-refractivity contribution in [2.24, 2.45) is 0 Å². The molecule has 0 aromatic rings. The Kier molecular flexibility index (Phi) is 61.0. The predicted molar refractivity (Wildman–Crippen MR) is 319 cm³/mol. The lowest BCUT2D eigenvalue weighted by atomic mass is 10.0. The van der Waals surface area contributed by atoms with E-state index in [1.165, 1.54) is 283 Å². The molecular weight excluding hydrogens is 899 g/mol. The van der Waals surface area contributed by atoms with E-state index in [2.05, 4.69) is 43.5 Å².